The fourth-order valence-corrected chi connectivity index (χ4v) is 10.4. The Morgan fingerprint density at radius 3 is 1.12 bits per heavy atom. The van der Waals surface area contributed by atoms with E-state index in [-0.39, 0.29) is 23.9 Å². The van der Waals surface area contributed by atoms with E-state index in [2.05, 4.69) is 175 Å². The van der Waals surface area contributed by atoms with Crippen molar-refractivity contribution in [3.63, 3.8) is 0 Å². The topological polar surface area (TPSA) is 193 Å². The van der Waals surface area contributed by atoms with E-state index in [0.29, 0.717) is 5.69 Å². The zero-order valence-electron chi connectivity index (χ0n) is 47.0. The molecule has 1 saturated heterocycles. The van der Waals surface area contributed by atoms with E-state index in [0.717, 1.165) is 83.7 Å². The molecule has 0 unspecified atom stereocenters. The molecule has 0 aliphatic carbocycles. The van der Waals surface area contributed by atoms with Crippen LogP contribution in [0.25, 0.3) is 90.9 Å². The van der Waals surface area contributed by atoms with E-state index < -0.39 is 61.2 Å². The average molecular weight is 1090 g/mol. The smallest absolute Gasteiger partial charge is 0.303 e. The van der Waals surface area contributed by atoms with Gasteiger partial charge in [0.25, 0.3) is 0 Å². The summed E-state index contributed by atoms with van der Waals surface area (Å²) in [5.74, 6) is -2.58. The number of pyridine rings is 3. The molecule has 6 aromatic heterocycles. The number of aromatic amines is 2. The Hall–Kier alpha value is -9.09. The zero-order chi connectivity index (χ0) is 57.2. The first-order valence-electron chi connectivity index (χ1n) is 27.2. The van der Waals surface area contributed by atoms with Gasteiger partial charge in [-0.1, -0.05) is 12.1 Å². The predicted molar refractivity (Wildman–Crippen MR) is 305 cm³/mol. The fourth-order valence-electron chi connectivity index (χ4n) is 10.4. The first-order chi connectivity index (χ1) is 38.9. The van der Waals surface area contributed by atoms with Gasteiger partial charge in [-0.2, -0.15) is 0 Å². The summed E-state index contributed by atoms with van der Waals surface area (Å²) in [6, 6.07) is 29.2. The highest BCUT2D eigenvalue weighted by Gasteiger charge is 2.53. The lowest BCUT2D eigenvalue weighted by atomic mass is 9.98. The molecule has 414 valence electrons. The normalized spacial score (nSPS) is 17.6. The monoisotopic (exact) mass is 1090 g/mol. The number of H-pyrrole nitrogens is 2. The van der Waals surface area contributed by atoms with Crippen LogP contribution in [0.3, 0.4) is 0 Å². The van der Waals surface area contributed by atoms with Crippen molar-refractivity contribution >= 4 is 70.2 Å². The molecule has 1 fully saturated rings. The van der Waals surface area contributed by atoms with E-state index in [1.165, 1.54) is 27.7 Å². The number of carbonyl (C=O) groups excluding carboxylic acids is 4. The summed E-state index contributed by atoms with van der Waals surface area (Å²) in [4.78, 5) is 68.3. The van der Waals surface area contributed by atoms with Gasteiger partial charge >= 0.3 is 23.9 Å². The van der Waals surface area contributed by atoms with Gasteiger partial charge in [0, 0.05) is 108 Å². The highest BCUT2D eigenvalue weighted by atomic mass is 16.7. The molecule has 0 radical (unpaired) electrons. The number of benzene rings is 1. The van der Waals surface area contributed by atoms with Gasteiger partial charge in [-0.15, -0.1) is 0 Å². The molecular formula is C64H66N7O10+3. The number of nitrogens with one attached hydrogen (secondary N) is 2. The first kappa shape index (κ1) is 55.2. The maximum absolute atomic E-state index is 12.6. The minimum atomic E-state index is -1.43. The summed E-state index contributed by atoms with van der Waals surface area (Å²) in [6.07, 6.45) is 14.0. The van der Waals surface area contributed by atoms with Crippen molar-refractivity contribution in [2.45, 2.75) is 118 Å². The molecule has 17 heteroatoms. The summed E-state index contributed by atoms with van der Waals surface area (Å²) >= 11 is 0. The number of aromatic nitrogens is 7. The molecular weight excluding hydrogens is 1030 g/mol. The second-order valence-electron chi connectivity index (χ2n) is 21.1. The Balaban J connectivity index is 1.18. The quantitative estimate of drug-likeness (QED) is 0.0596. The van der Waals surface area contributed by atoms with E-state index in [9.17, 15) is 19.2 Å². The van der Waals surface area contributed by atoms with Crippen LogP contribution in [-0.4, -0.2) is 81.1 Å². The molecule has 2 N–H and O–H groups in total. The van der Waals surface area contributed by atoms with Crippen LogP contribution < -0.4 is 18.4 Å². The molecule has 17 nitrogen and oxygen atoms in total. The molecule has 5 atom stereocenters. The Bertz CT molecular complexity index is 3720. The van der Waals surface area contributed by atoms with Crippen LogP contribution in [0.2, 0.25) is 0 Å². The molecule has 0 spiro atoms. The van der Waals surface area contributed by atoms with Crippen molar-refractivity contribution < 1.29 is 61.3 Å². The summed E-state index contributed by atoms with van der Waals surface area (Å²) in [5, 5.41) is 0. The molecule has 3 aliphatic heterocycles. The molecule has 0 amide bonds. The van der Waals surface area contributed by atoms with Crippen molar-refractivity contribution in [3.8, 4) is 50.3 Å². The maximum atomic E-state index is 12.6. The van der Waals surface area contributed by atoms with Crippen LogP contribution in [-0.2, 0) is 42.9 Å². The lowest BCUT2D eigenvalue weighted by Gasteiger charge is -2.43. The third-order valence-corrected chi connectivity index (χ3v) is 14.3. The molecule has 1 aromatic carbocycles. The van der Waals surface area contributed by atoms with E-state index in [4.69, 9.17) is 38.4 Å². The van der Waals surface area contributed by atoms with Crippen molar-refractivity contribution in [1.29, 1.82) is 0 Å². The molecule has 7 aromatic rings. The van der Waals surface area contributed by atoms with Gasteiger partial charge in [0.05, 0.1) is 22.8 Å². The summed E-state index contributed by atoms with van der Waals surface area (Å²) in [7, 11) is 0. The number of nitrogens with zero attached hydrogens (tertiary/aromatic N) is 5. The van der Waals surface area contributed by atoms with E-state index in [1.807, 2.05) is 24.3 Å². The van der Waals surface area contributed by atoms with Crippen LogP contribution >= 0.6 is 0 Å². The highest BCUT2D eigenvalue weighted by Crippen LogP contribution is 2.39. The molecule has 81 heavy (non-hydrogen) atoms. The van der Waals surface area contributed by atoms with E-state index in [1.54, 1.807) is 12.1 Å². The highest BCUT2D eigenvalue weighted by molar-refractivity contribution is 5.99. The Morgan fingerprint density at radius 1 is 0.457 bits per heavy atom. The van der Waals surface area contributed by atoms with Crippen LogP contribution in [0, 0.1) is 0 Å². The van der Waals surface area contributed by atoms with Gasteiger partial charge in [-0.25, -0.2) is 23.7 Å². The molecule has 0 saturated carbocycles. The minimum Gasteiger partial charge on any atom is -0.463 e. The summed E-state index contributed by atoms with van der Waals surface area (Å²) in [6.45, 7) is 17.2. The standard InChI is InChI=1S/C64H65N7O10/c1-36(2)69-29-23-44(24-30-69)58-50-17-15-48(65-50)57(43-11-13-47(14-12-43)80-64-63(79-42(10)75)62(78-41(9)74)61(77-40(8)73)56(81-64)35-76-39(7)72)49-16-18-51(66-49)59(45-25-31-70(32-26-45)37(3)4)53-20-22-55(68-53)60(54-21-19-52(58)67-54)46-27-33-71(34-28-46)38(5)6/h11-34,36-38,56,61-64H,35H2,1-10H3,(H,65,66,67,68)/q+2/p+1/t56-,61-,62+,63-,64-/m1/s1. The number of ether oxygens (including phenoxy) is 6. The van der Waals surface area contributed by atoms with Gasteiger partial charge < -0.3 is 38.4 Å². The molecule has 9 heterocycles. The van der Waals surface area contributed by atoms with Crippen LogP contribution in [0.4, 0.5) is 0 Å². The van der Waals surface area contributed by atoms with Gasteiger partial charge in [-0.3, -0.25) is 19.2 Å². The van der Waals surface area contributed by atoms with Crippen molar-refractivity contribution in [2.75, 3.05) is 6.61 Å². The van der Waals surface area contributed by atoms with Crippen molar-refractivity contribution in [3.05, 3.63) is 145 Å². The molecule has 10 rings (SSSR count). The van der Waals surface area contributed by atoms with Crippen LogP contribution in [0.1, 0.15) is 110 Å². The zero-order valence-corrected chi connectivity index (χ0v) is 47.0. The maximum Gasteiger partial charge on any atom is 0.303 e. The van der Waals surface area contributed by atoms with Crippen molar-refractivity contribution in [2.24, 2.45) is 0 Å². The molecule has 8 bridgehead atoms. The number of esters is 4. The predicted octanol–water partition coefficient (Wildman–Crippen LogP) is 10.4. The second kappa shape index (κ2) is 23.3. The Kier molecular flexibility index (Phi) is 15.9. The SMILES string of the molecule is CC(=O)OC[C@H]1O[C@@H](Oc2ccc(-c3c4nc(c(-c5cc[n+](C(C)C)cc5)c5ccc([nH]5)c(-c5cc[n+](C(C)C)cc5)c5nc(c(-c6cc[n+](C(C)C)cc6)c6ccc3[nH]6)C=C5)C=C4)cc2)[C@H](OC(C)=O)[C@@H](OC(C)=O)[C@@H]1OC(C)=O. The largest absolute Gasteiger partial charge is 0.463 e. The lowest BCUT2D eigenvalue weighted by Crippen LogP contribution is -2.63. The van der Waals surface area contributed by atoms with Crippen LogP contribution in [0.15, 0.2) is 122 Å². The van der Waals surface area contributed by atoms with Gasteiger partial charge in [0.2, 0.25) is 12.4 Å². The minimum absolute atomic E-state index is 0.254. The third-order valence-electron chi connectivity index (χ3n) is 14.3. The number of hydrogen-bond donors (Lipinski definition) is 2. The fraction of sp³-hybridized carbons (Fsp3) is 0.297. The number of carbonyl (C=O) groups is 4. The summed E-state index contributed by atoms with van der Waals surface area (Å²) in [5.41, 5.74) is 13.6. The van der Waals surface area contributed by atoms with Crippen molar-refractivity contribution in [1.82, 2.24) is 19.9 Å². The third kappa shape index (κ3) is 11.9. The first-order valence-corrected chi connectivity index (χ1v) is 27.2. The Morgan fingerprint density at radius 2 is 0.790 bits per heavy atom. The number of fused-ring (bicyclic) bond motifs is 8. The van der Waals surface area contributed by atoms with Gasteiger partial charge in [-0.05, 0) is 124 Å². The van der Waals surface area contributed by atoms with Crippen LogP contribution in [0.5, 0.6) is 5.75 Å². The van der Waals surface area contributed by atoms with E-state index >= 15 is 0 Å². The van der Waals surface area contributed by atoms with Gasteiger partial charge in [0.1, 0.15) is 18.5 Å². The lowest BCUT2D eigenvalue weighted by molar-refractivity contribution is -0.716. The number of hydrogen-bond acceptors (Lipinski definition) is 12. The van der Waals surface area contributed by atoms with Gasteiger partial charge in [0.15, 0.2) is 67.5 Å². The Labute approximate surface area is 469 Å². The number of rotatable bonds is 14. The average Bonchev–Trinajstić information content (AvgIpc) is 4.43. The summed E-state index contributed by atoms with van der Waals surface area (Å²) < 4.78 is 41.5. The molecule has 3 aliphatic rings. The second-order valence-corrected chi connectivity index (χ2v) is 21.1.